The molecule has 0 fully saturated rings. The Morgan fingerprint density at radius 2 is 1.39 bits per heavy atom. The summed E-state index contributed by atoms with van der Waals surface area (Å²) in [6.07, 6.45) is 16.6. The molecule has 0 heterocycles. The van der Waals surface area contributed by atoms with Gasteiger partial charge >= 0.3 is 41.5 Å². The van der Waals surface area contributed by atoms with Crippen LogP contribution in [0.15, 0.2) is 12.2 Å². The number of carboxylic acids is 2. The SMILES string of the molecule is CCCCCCCCCCCCC=CC(CC(=O)O)C(=O)O.[H-].[Na+]. The molecule has 0 aromatic rings. The molecule has 23 heavy (non-hydrogen) atoms. The molecule has 0 aromatic carbocycles. The first-order valence-electron chi connectivity index (χ1n) is 8.69. The van der Waals surface area contributed by atoms with Crippen LogP contribution in [-0.4, -0.2) is 22.2 Å². The fourth-order valence-corrected chi connectivity index (χ4v) is 2.44. The summed E-state index contributed by atoms with van der Waals surface area (Å²) in [5.74, 6) is -3.04. The van der Waals surface area contributed by atoms with Gasteiger partial charge in [-0.05, 0) is 12.8 Å². The van der Waals surface area contributed by atoms with Gasteiger partial charge in [0, 0.05) is 0 Å². The van der Waals surface area contributed by atoms with Gasteiger partial charge in [0.2, 0.25) is 0 Å². The van der Waals surface area contributed by atoms with Crippen LogP contribution in [-0.2, 0) is 9.59 Å². The molecule has 0 aromatic heterocycles. The van der Waals surface area contributed by atoms with Crippen LogP contribution in [0, 0.1) is 5.92 Å². The van der Waals surface area contributed by atoms with Gasteiger partial charge in [-0.3, -0.25) is 9.59 Å². The van der Waals surface area contributed by atoms with Crippen molar-refractivity contribution in [3.05, 3.63) is 12.2 Å². The van der Waals surface area contributed by atoms with E-state index in [1.165, 1.54) is 57.4 Å². The van der Waals surface area contributed by atoms with E-state index in [1.54, 1.807) is 0 Å². The summed E-state index contributed by atoms with van der Waals surface area (Å²) in [5, 5.41) is 17.5. The van der Waals surface area contributed by atoms with Gasteiger partial charge in [0.25, 0.3) is 0 Å². The summed E-state index contributed by atoms with van der Waals surface area (Å²) >= 11 is 0. The van der Waals surface area contributed by atoms with Crippen LogP contribution < -0.4 is 29.6 Å². The fourth-order valence-electron chi connectivity index (χ4n) is 2.44. The molecule has 130 valence electrons. The van der Waals surface area contributed by atoms with Crippen molar-refractivity contribution < 1.29 is 50.8 Å². The van der Waals surface area contributed by atoms with Crippen molar-refractivity contribution in [1.29, 1.82) is 0 Å². The Morgan fingerprint density at radius 1 is 0.913 bits per heavy atom. The third-order valence-electron chi connectivity index (χ3n) is 3.80. The van der Waals surface area contributed by atoms with E-state index in [4.69, 9.17) is 10.2 Å². The number of carboxylic acid groups (broad SMARTS) is 2. The minimum absolute atomic E-state index is 0. The molecule has 0 aliphatic rings. The summed E-state index contributed by atoms with van der Waals surface area (Å²) in [6, 6.07) is 0. The second kappa shape index (κ2) is 18.0. The summed E-state index contributed by atoms with van der Waals surface area (Å²) < 4.78 is 0. The molecule has 2 N–H and O–H groups in total. The Balaban J connectivity index is -0.00000220. The fraction of sp³-hybridized carbons (Fsp3) is 0.778. The van der Waals surface area contributed by atoms with Crippen molar-refractivity contribution in [1.82, 2.24) is 0 Å². The van der Waals surface area contributed by atoms with E-state index in [0.29, 0.717) is 0 Å². The summed E-state index contributed by atoms with van der Waals surface area (Å²) in [5.41, 5.74) is 0. The number of carbonyl (C=O) groups is 2. The molecular formula is C18H33NaO4. The molecule has 0 aliphatic carbocycles. The Morgan fingerprint density at radius 3 is 1.83 bits per heavy atom. The van der Waals surface area contributed by atoms with E-state index >= 15 is 0 Å². The first kappa shape index (κ1) is 24.9. The Labute approximate surface area is 164 Å². The van der Waals surface area contributed by atoms with E-state index in [0.717, 1.165) is 19.3 Å². The molecule has 1 unspecified atom stereocenters. The van der Waals surface area contributed by atoms with Crippen LogP contribution >= 0.6 is 0 Å². The molecule has 0 spiro atoms. The molecule has 0 rings (SSSR count). The van der Waals surface area contributed by atoms with Crippen LogP contribution in [0.3, 0.4) is 0 Å². The van der Waals surface area contributed by atoms with E-state index in [9.17, 15) is 9.59 Å². The zero-order valence-electron chi connectivity index (χ0n) is 15.9. The van der Waals surface area contributed by atoms with Crippen molar-refractivity contribution in [2.24, 2.45) is 5.92 Å². The van der Waals surface area contributed by atoms with Crippen molar-refractivity contribution in [3.8, 4) is 0 Å². The first-order chi connectivity index (χ1) is 10.6. The molecular weight excluding hydrogens is 303 g/mol. The van der Waals surface area contributed by atoms with Crippen LogP contribution in [0.25, 0.3) is 0 Å². The first-order valence-corrected chi connectivity index (χ1v) is 8.69. The van der Waals surface area contributed by atoms with Crippen LogP contribution in [0.5, 0.6) is 0 Å². The number of rotatable bonds is 15. The predicted molar refractivity (Wildman–Crippen MR) is 90.1 cm³/mol. The van der Waals surface area contributed by atoms with Crippen molar-refractivity contribution >= 4 is 11.9 Å². The van der Waals surface area contributed by atoms with Gasteiger partial charge in [0.15, 0.2) is 0 Å². The van der Waals surface area contributed by atoms with Gasteiger partial charge in [0.1, 0.15) is 0 Å². The van der Waals surface area contributed by atoms with Gasteiger partial charge in [-0.15, -0.1) is 0 Å². The monoisotopic (exact) mass is 336 g/mol. The largest absolute Gasteiger partial charge is 1.00 e. The Hall–Kier alpha value is -0.320. The smallest absolute Gasteiger partial charge is 1.00 e. The maximum atomic E-state index is 10.9. The molecule has 5 heteroatoms. The summed E-state index contributed by atoms with van der Waals surface area (Å²) in [6.45, 7) is 2.23. The maximum Gasteiger partial charge on any atom is 1.00 e. The molecule has 1 atom stereocenters. The molecule has 0 saturated heterocycles. The number of allylic oxidation sites excluding steroid dienone is 1. The summed E-state index contributed by atoms with van der Waals surface area (Å²) in [4.78, 5) is 21.4. The van der Waals surface area contributed by atoms with Crippen LogP contribution in [0.4, 0.5) is 0 Å². The maximum absolute atomic E-state index is 10.9. The molecule has 0 saturated carbocycles. The second-order valence-corrected chi connectivity index (χ2v) is 5.94. The molecule has 0 aliphatic heterocycles. The third-order valence-corrected chi connectivity index (χ3v) is 3.80. The standard InChI is InChI=1S/C18H32O4.Na.H/c1-2-3-4-5-6-7-8-9-10-11-12-13-14-16(18(21)22)15-17(19)20;;/h13-14,16H,2-12,15H2,1H3,(H,19,20)(H,21,22);;/q;+1;-1. The van der Waals surface area contributed by atoms with Crippen molar-refractivity contribution in [2.45, 2.75) is 84.0 Å². The van der Waals surface area contributed by atoms with Crippen LogP contribution in [0.1, 0.15) is 85.4 Å². The number of hydrogen-bond acceptors (Lipinski definition) is 2. The van der Waals surface area contributed by atoms with Crippen LogP contribution in [0.2, 0.25) is 0 Å². The average molecular weight is 336 g/mol. The minimum Gasteiger partial charge on any atom is -1.00 e. The van der Waals surface area contributed by atoms with E-state index in [-0.39, 0.29) is 37.4 Å². The minimum atomic E-state index is -1.07. The summed E-state index contributed by atoms with van der Waals surface area (Å²) in [7, 11) is 0. The molecule has 0 bridgehead atoms. The second-order valence-electron chi connectivity index (χ2n) is 5.94. The van der Waals surface area contributed by atoms with E-state index in [1.807, 2.05) is 6.08 Å². The normalized spacial score (nSPS) is 12.0. The van der Waals surface area contributed by atoms with E-state index < -0.39 is 17.9 Å². The van der Waals surface area contributed by atoms with Gasteiger partial charge in [-0.2, -0.15) is 0 Å². The third kappa shape index (κ3) is 17.9. The molecule has 4 nitrogen and oxygen atoms in total. The van der Waals surface area contributed by atoms with Crippen molar-refractivity contribution in [3.63, 3.8) is 0 Å². The zero-order chi connectivity index (χ0) is 16.6. The van der Waals surface area contributed by atoms with E-state index in [2.05, 4.69) is 6.92 Å². The number of aliphatic carboxylic acids is 2. The quantitative estimate of drug-likeness (QED) is 0.273. The average Bonchev–Trinajstić information content (AvgIpc) is 2.46. The topological polar surface area (TPSA) is 74.6 Å². The Kier molecular flexibility index (Phi) is 19.5. The number of hydrogen-bond donors (Lipinski definition) is 2. The zero-order valence-corrected chi connectivity index (χ0v) is 16.9. The van der Waals surface area contributed by atoms with Gasteiger partial charge in [-0.1, -0.05) is 76.9 Å². The van der Waals surface area contributed by atoms with Crippen molar-refractivity contribution in [2.75, 3.05) is 0 Å². The molecule has 0 amide bonds. The molecule has 0 radical (unpaired) electrons. The van der Waals surface area contributed by atoms with Gasteiger partial charge in [-0.25, -0.2) is 0 Å². The van der Waals surface area contributed by atoms with Gasteiger partial charge < -0.3 is 11.6 Å². The van der Waals surface area contributed by atoms with Gasteiger partial charge in [0.05, 0.1) is 12.3 Å². The predicted octanol–water partition coefficient (Wildman–Crippen LogP) is 2.15. The Bertz CT molecular complexity index is 335. The number of unbranched alkanes of at least 4 members (excludes halogenated alkanes) is 10.